The maximum Gasteiger partial charge on any atom is 0.223 e. The topological polar surface area (TPSA) is 72.6 Å². The lowest BCUT2D eigenvalue weighted by Crippen LogP contribution is -2.50. The molecular weight excluding hydrogens is 248 g/mol. The van der Waals surface area contributed by atoms with Gasteiger partial charge in [-0.1, -0.05) is 19.1 Å². The highest BCUT2D eigenvalue weighted by atomic mass is 32.2. The molecule has 0 aromatic rings. The maximum absolute atomic E-state index is 12.1. The van der Waals surface area contributed by atoms with Gasteiger partial charge in [0.1, 0.15) is 5.25 Å². The molecule has 0 bridgehead atoms. The van der Waals surface area contributed by atoms with Crippen molar-refractivity contribution < 1.29 is 13.2 Å². The van der Waals surface area contributed by atoms with Crippen LogP contribution in [0.3, 0.4) is 0 Å². The molecule has 0 aromatic heterocycles. The predicted molar refractivity (Wildman–Crippen MR) is 66.8 cm³/mol. The summed E-state index contributed by atoms with van der Waals surface area (Å²) in [7, 11) is -3.42. The van der Waals surface area contributed by atoms with Crippen LogP contribution in [0.2, 0.25) is 0 Å². The molecule has 0 amide bonds. The number of morpholine rings is 1. The van der Waals surface area contributed by atoms with Gasteiger partial charge in [-0.05, 0) is 13.3 Å². The van der Waals surface area contributed by atoms with Crippen LogP contribution in [0.15, 0.2) is 0 Å². The molecular formula is C9H18N2O3S2. The molecule has 0 spiro atoms. The summed E-state index contributed by atoms with van der Waals surface area (Å²) in [6.45, 7) is 4.70. The van der Waals surface area contributed by atoms with Crippen LogP contribution in [0.25, 0.3) is 0 Å². The summed E-state index contributed by atoms with van der Waals surface area (Å²) in [6.07, 6.45) is 0.773. The zero-order valence-electron chi connectivity index (χ0n) is 9.55. The second-order valence-electron chi connectivity index (χ2n) is 3.85. The SMILES string of the molecule is CCC1CN(S(=O)(=O)C(C)C(N)=S)CCO1. The van der Waals surface area contributed by atoms with Crippen LogP contribution in [0, 0.1) is 0 Å². The quantitative estimate of drug-likeness (QED) is 0.731. The van der Waals surface area contributed by atoms with E-state index in [4.69, 9.17) is 22.7 Å². The van der Waals surface area contributed by atoms with Gasteiger partial charge < -0.3 is 10.5 Å². The molecule has 1 aliphatic heterocycles. The first-order valence-electron chi connectivity index (χ1n) is 5.29. The Kier molecular flexibility index (Phi) is 4.66. The van der Waals surface area contributed by atoms with Crippen molar-refractivity contribution in [1.82, 2.24) is 4.31 Å². The molecule has 1 heterocycles. The van der Waals surface area contributed by atoms with Gasteiger partial charge in [-0.25, -0.2) is 8.42 Å². The first-order valence-corrected chi connectivity index (χ1v) is 7.20. The van der Waals surface area contributed by atoms with E-state index in [1.165, 1.54) is 11.2 Å². The minimum absolute atomic E-state index is 0.0135. The van der Waals surface area contributed by atoms with E-state index in [0.717, 1.165) is 6.42 Å². The molecule has 0 radical (unpaired) electrons. The molecule has 2 unspecified atom stereocenters. The number of hydrogen-bond acceptors (Lipinski definition) is 4. The Labute approximate surface area is 102 Å². The number of hydrogen-bond donors (Lipinski definition) is 1. The molecule has 1 rings (SSSR count). The van der Waals surface area contributed by atoms with E-state index in [2.05, 4.69) is 0 Å². The van der Waals surface area contributed by atoms with Crippen LogP contribution in [0.4, 0.5) is 0 Å². The monoisotopic (exact) mass is 266 g/mol. The van der Waals surface area contributed by atoms with Gasteiger partial charge in [-0.2, -0.15) is 4.31 Å². The van der Waals surface area contributed by atoms with Gasteiger partial charge >= 0.3 is 0 Å². The minimum Gasteiger partial charge on any atom is -0.392 e. The van der Waals surface area contributed by atoms with Crippen molar-refractivity contribution in [3.63, 3.8) is 0 Å². The summed E-state index contributed by atoms with van der Waals surface area (Å²) in [5, 5.41) is -0.807. The molecule has 1 aliphatic rings. The van der Waals surface area contributed by atoms with E-state index < -0.39 is 15.3 Å². The average molecular weight is 266 g/mol. The van der Waals surface area contributed by atoms with Gasteiger partial charge in [0.25, 0.3) is 0 Å². The van der Waals surface area contributed by atoms with Gasteiger partial charge in [-0.15, -0.1) is 0 Å². The Morgan fingerprint density at radius 2 is 2.31 bits per heavy atom. The molecule has 2 atom stereocenters. The van der Waals surface area contributed by atoms with Crippen molar-refractivity contribution in [2.75, 3.05) is 19.7 Å². The second-order valence-corrected chi connectivity index (χ2v) is 6.57. The van der Waals surface area contributed by atoms with Crippen molar-refractivity contribution in [1.29, 1.82) is 0 Å². The van der Waals surface area contributed by atoms with Crippen molar-refractivity contribution in [3.05, 3.63) is 0 Å². The zero-order chi connectivity index (χ0) is 12.3. The predicted octanol–water partition coefficient (Wildman–Crippen LogP) is 0.102. The number of rotatable bonds is 4. The van der Waals surface area contributed by atoms with Gasteiger partial charge in [0.15, 0.2) is 0 Å². The molecule has 7 heteroatoms. The number of nitrogens with zero attached hydrogens (tertiary/aromatic N) is 1. The Morgan fingerprint density at radius 3 is 2.81 bits per heavy atom. The molecule has 5 nitrogen and oxygen atoms in total. The lowest BCUT2D eigenvalue weighted by atomic mass is 10.2. The van der Waals surface area contributed by atoms with Crippen molar-refractivity contribution in [3.8, 4) is 0 Å². The first kappa shape index (κ1) is 13.8. The highest BCUT2D eigenvalue weighted by Crippen LogP contribution is 2.16. The largest absolute Gasteiger partial charge is 0.392 e. The third-order valence-electron chi connectivity index (χ3n) is 2.76. The Morgan fingerprint density at radius 1 is 1.69 bits per heavy atom. The van der Waals surface area contributed by atoms with Crippen LogP contribution in [-0.2, 0) is 14.8 Å². The third kappa shape index (κ3) is 2.91. The van der Waals surface area contributed by atoms with E-state index in [9.17, 15) is 8.42 Å². The maximum atomic E-state index is 12.1. The number of sulfonamides is 1. The molecule has 0 saturated carbocycles. The fraction of sp³-hybridized carbons (Fsp3) is 0.889. The summed E-state index contributed by atoms with van der Waals surface area (Å²) in [4.78, 5) is 0.0135. The van der Waals surface area contributed by atoms with E-state index in [0.29, 0.717) is 19.7 Å². The summed E-state index contributed by atoms with van der Waals surface area (Å²) in [5.74, 6) is 0. The van der Waals surface area contributed by atoms with Gasteiger partial charge in [0.05, 0.1) is 17.7 Å². The van der Waals surface area contributed by atoms with Crippen LogP contribution in [-0.4, -0.2) is 48.8 Å². The highest BCUT2D eigenvalue weighted by molar-refractivity contribution is 7.92. The second kappa shape index (κ2) is 5.39. The van der Waals surface area contributed by atoms with Crippen LogP contribution >= 0.6 is 12.2 Å². The molecule has 1 fully saturated rings. The number of ether oxygens (including phenoxy) is 1. The van der Waals surface area contributed by atoms with E-state index in [-0.39, 0.29) is 11.1 Å². The summed E-state index contributed by atoms with van der Waals surface area (Å²) in [6, 6.07) is 0. The lowest BCUT2D eigenvalue weighted by molar-refractivity contribution is -0.00285. The van der Waals surface area contributed by atoms with E-state index >= 15 is 0 Å². The van der Waals surface area contributed by atoms with Crippen LogP contribution in [0.5, 0.6) is 0 Å². The molecule has 16 heavy (non-hydrogen) atoms. The molecule has 1 saturated heterocycles. The summed E-state index contributed by atoms with van der Waals surface area (Å²) < 4.78 is 31.0. The lowest BCUT2D eigenvalue weighted by Gasteiger charge is -2.33. The Bertz CT molecular complexity index is 356. The van der Waals surface area contributed by atoms with Gasteiger partial charge in [0, 0.05) is 13.1 Å². The minimum atomic E-state index is -3.42. The van der Waals surface area contributed by atoms with Crippen molar-refractivity contribution in [2.45, 2.75) is 31.6 Å². The third-order valence-corrected chi connectivity index (χ3v) is 5.47. The zero-order valence-corrected chi connectivity index (χ0v) is 11.2. The van der Waals surface area contributed by atoms with Crippen molar-refractivity contribution >= 4 is 27.2 Å². The molecule has 0 aliphatic carbocycles. The average Bonchev–Trinajstić information content (AvgIpc) is 2.27. The van der Waals surface area contributed by atoms with Gasteiger partial charge in [-0.3, -0.25) is 0 Å². The molecule has 94 valence electrons. The van der Waals surface area contributed by atoms with Crippen molar-refractivity contribution in [2.24, 2.45) is 5.73 Å². The standard InChI is InChI=1S/C9H18N2O3S2/c1-3-8-6-11(4-5-14-8)16(12,13)7(2)9(10)15/h7-8H,3-6H2,1-2H3,(H2,10,15). The summed E-state index contributed by atoms with van der Waals surface area (Å²) >= 11 is 4.73. The van der Waals surface area contributed by atoms with Crippen LogP contribution < -0.4 is 5.73 Å². The molecule has 2 N–H and O–H groups in total. The fourth-order valence-corrected chi connectivity index (χ4v) is 3.35. The van der Waals surface area contributed by atoms with E-state index in [1.807, 2.05) is 6.92 Å². The Hall–Kier alpha value is -0.240. The van der Waals surface area contributed by atoms with E-state index in [1.54, 1.807) is 0 Å². The summed E-state index contributed by atoms with van der Waals surface area (Å²) in [5.41, 5.74) is 5.39. The van der Waals surface area contributed by atoms with Gasteiger partial charge in [0.2, 0.25) is 10.0 Å². The smallest absolute Gasteiger partial charge is 0.223 e. The number of nitrogens with two attached hydrogens (primary N) is 1. The highest BCUT2D eigenvalue weighted by Gasteiger charge is 2.34. The fourth-order valence-electron chi connectivity index (χ4n) is 1.54. The van der Waals surface area contributed by atoms with Crippen LogP contribution in [0.1, 0.15) is 20.3 Å². The number of thiocarbonyl (C=S) groups is 1. The Balaban J connectivity index is 2.79. The first-order chi connectivity index (χ1) is 7.39. The normalized spacial score (nSPS) is 25.2. The molecule has 0 aromatic carbocycles.